The van der Waals surface area contributed by atoms with E-state index in [-0.39, 0.29) is 28.3 Å². The van der Waals surface area contributed by atoms with Gasteiger partial charge in [-0.1, -0.05) is 30.4 Å². The topological polar surface area (TPSA) is 78.3 Å². The lowest BCUT2D eigenvalue weighted by molar-refractivity contribution is -0.149. The van der Waals surface area contributed by atoms with Crippen molar-refractivity contribution in [2.75, 3.05) is 19.5 Å². The highest BCUT2D eigenvalue weighted by Crippen LogP contribution is 2.38. The molecule has 0 spiro atoms. The molecule has 6 nitrogen and oxygen atoms in total. The number of carbonyl (C=O) groups excluding carboxylic acids is 1. The molecule has 11 heteroatoms. The lowest BCUT2D eigenvalue weighted by Gasteiger charge is -2.11. The maximum atomic E-state index is 13.7. The van der Waals surface area contributed by atoms with Crippen LogP contribution in [-0.4, -0.2) is 43.7 Å². The Morgan fingerprint density at radius 3 is 2.22 bits per heavy atom. The van der Waals surface area contributed by atoms with Crippen LogP contribution in [-0.2, 0) is 32.1 Å². The van der Waals surface area contributed by atoms with E-state index in [4.69, 9.17) is 4.74 Å². The predicted octanol–water partition coefficient (Wildman–Crippen LogP) is 4.71. The molecule has 32 heavy (non-hydrogen) atoms. The maximum absolute atomic E-state index is 13.7. The van der Waals surface area contributed by atoms with Crippen LogP contribution >= 0.6 is 0 Å². The van der Waals surface area contributed by atoms with Gasteiger partial charge in [-0.2, -0.15) is 18.3 Å². The van der Waals surface area contributed by atoms with Crippen molar-refractivity contribution in [1.82, 2.24) is 9.78 Å². The Bertz CT molecular complexity index is 1060. The summed E-state index contributed by atoms with van der Waals surface area (Å²) in [6.07, 6.45) is 0.148. The molecule has 0 saturated heterocycles. The molecule has 2 aromatic rings. The van der Waals surface area contributed by atoms with Gasteiger partial charge < -0.3 is 4.74 Å². The zero-order valence-corrected chi connectivity index (χ0v) is 18.6. The number of alkyl halides is 4. The third-order valence-electron chi connectivity index (χ3n) is 3.84. The van der Waals surface area contributed by atoms with E-state index in [9.17, 15) is 30.8 Å². The van der Waals surface area contributed by atoms with Gasteiger partial charge in [-0.25, -0.2) is 17.5 Å². The van der Waals surface area contributed by atoms with Gasteiger partial charge in [-0.05, 0) is 26.0 Å². The molecule has 0 bridgehead atoms. The molecule has 0 N–H and O–H groups in total. The minimum atomic E-state index is -4.76. The Morgan fingerprint density at radius 1 is 1.25 bits per heavy atom. The van der Waals surface area contributed by atoms with E-state index < -0.39 is 40.9 Å². The summed E-state index contributed by atoms with van der Waals surface area (Å²) in [6.45, 7) is 5.12. The van der Waals surface area contributed by atoms with Gasteiger partial charge in [0.05, 0.1) is 11.5 Å². The van der Waals surface area contributed by atoms with Crippen molar-refractivity contribution >= 4 is 21.9 Å². The van der Waals surface area contributed by atoms with Gasteiger partial charge in [0.15, 0.2) is 15.5 Å². The Hall–Kier alpha value is -2.95. The van der Waals surface area contributed by atoms with Crippen molar-refractivity contribution in [2.45, 2.75) is 31.5 Å². The molecule has 176 valence electrons. The minimum absolute atomic E-state index is 0.0187. The van der Waals surface area contributed by atoms with Crippen LogP contribution in [0.2, 0.25) is 0 Å². The van der Waals surface area contributed by atoms with Gasteiger partial charge in [-0.15, -0.1) is 6.58 Å². The second kappa shape index (κ2) is 11.6. The van der Waals surface area contributed by atoms with Crippen molar-refractivity contribution < 1.29 is 35.5 Å². The van der Waals surface area contributed by atoms with Crippen molar-refractivity contribution in [3.8, 4) is 11.3 Å². The molecule has 1 heterocycles. The van der Waals surface area contributed by atoms with E-state index >= 15 is 0 Å². The average Bonchev–Trinajstić information content (AvgIpc) is 3.06. The number of esters is 1. The van der Waals surface area contributed by atoms with Crippen molar-refractivity contribution in [2.24, 2.45) is 0 Å². The number of carbonyl (C=O) groups is 1. The molecule has 1 aromatic carbocycles. The first-order chi connectivity index (χ1) is 14.9. The van der Waals surface area contributed by atoms with Gasteiger partial charge in [0, 0.05) is 17.4 Å². The third-order valence-corrected chi connectivity index (χ3v) is 4.97. The quantitative estimate of drug-likeness (QED) is 0.329. The molecule has 2 rings (SSSR count). The van der Waals surface area contributed by atoms with Crippen molar-refractivity contribution in [1.29, 1.82) is 0 Å². The molecule has 0 aliphatic rings. The molecule has 0 amide bonds. The van der Waals surface area contributed by atoms with E-state index in [0.29, 0.717) is 4.68 Å². The SMILES string of the molecule is C/C=C/c1c(-c2ccc(S(C)(=O)=O)cc2)nn(CC(=O)OCC)c1C(F)(F)F.C=CCF. The van der Waals surface area contributed by atoms with Gasteiger partial charge >= 0.3 is 12.1 Å². The summed E-state index contributed by atoms with van der Waals surface area (Å²) < 4.78 is 80.2. The number of sulfone groups is 1. The lowest BCUT2D eigenvalue weighted by atomic mass is 10.1. The number of ether oxygens (including phenoxy) is 1. The van der Waals surface area contributed by atoms with Gasteiger partial charge in [0.25, 0.3) is 0 Å². The first kappa shape index (κ1) is 27.1. The van der Waals surface area contributed by atoms with Crippen molar-refractivity contribution in [3.05, 3.63) is 54.3 Å². The highest BCUT2D eigenvalue weighted by atomic mass is 32.2. The Morgan fingerprint density at radius 2 is 1.81 bits per heavy atom. The zero-order valence-electron chi connectivity index (χ0n) is 17.8. The number of benzene rings is 1. The van der Waals surface area contributed by atoms with Crippen LogP contribution < -0.4 is 0 Å². The van der Waals surface area contributed by atoms with E-state index in [0.717, 1.165) is 6.26 Å². The summed E-state index contributed by atoms with van der Waals surface area (Å²) in [7, 11) is -3.45. The zero-order chi connectivity index (χ0) is 24.5. The smallest absolute Gasteiger partial charge is 0.433 e. The molecule has 1 aromatic heterocycles. The maximum Gasteiger partial charge on any atom is 0.433 e. The molecule has 0 aliphatic carbocycles. The third kappa shape index (κ3) is 7.33. The normalized spacial score (nSPS) is 11.7. The monoisotopic (exact) mass is 476 g/mol. The fraction of sp³-hybridized carbons (Fsp3) is 0.333. The number of hydrogen-bond acceptors (Lipinski definition) is 5. The number of rotatable bonds is 7. The summed E-state index contributed by atoms with van der Waals surface area (Å²) in [5.74, 6) is -0.846. The van der Waals surface area contributed by atoms with Gasteiger partial charge in [0.1, 0.15) is 18.9 Å². The van der Waals surface area contributed by atoms with Crippen LogP contribution in [0.1, 0.15) is 25.1 Å². The summed E-state index contributed by atoms with van der Waals surface area (Å²) in [4.78, 5) is 11.8. The van der Waals surface area contributed by atoms with Crippen molar-refractivity contribution in [3.63, 3.8) is 0 Å². The van der Waals surface area contributed by atoms with Crippen LogP contribution in [0.5, 0.6) is 0 Å². The summed E-state index contributed by atoms with van der Waals surface area (Å²) >= 11 is 0. The molecule has 0 radical (unpaired) electrons. The van der Waals surface area contributed by atoms with Crippen LogP contribution in [0.3, 0.4) is 0 Å². The molecule has 0 saturated carbocycles. The molecule has 0 unspecified atom stereocenters. The molecular formula is C21H24F4N2O4S. The minimum Gasteiger partial charge on any atom is -0.465 e. The average molecular weight is 476 g/mol. The van der Waals surface area contributed by atoms with E-state index in [1.165, 1.54) is 42.5 Å². The van der Waals surface area contributed by atoms with Crippen LogP contribution in [0.25, 0.3) is 17.3 Å². The standard InChI is InChI=1S/C18H19F3N2O4S.C3H5F/c1-4-6-14-16(12-7-9-13(10-8-12)28(3,25)26)22-23(11-15(24)27-5-2)17(14)18(19,20)21;1-2-3-4/h4,6-10H,5,11H2,1-3H3;2H,1,3H2/b6-4+;. The largest absolute Gasteiger partial charge is 0.465 e. The summed E-state index contributed by atoms with van der Waals surface area (Å²) in [6, 6.07) is 5.34. The summed E-state index contributed by atoms with van der Waals surface area (Å²) in [5.41, 5.74) is -1.03. The lowest BCUT2D eigenvalue weighted by Crippen LogP contribution is -2.21. The summed E-state index contributed by atoms with van der Waals surface area (Å²) in [5, 5.41) is 3.97. The fourth-order valence-electron chi connectivity index (χ4n) is 2.62. The first-order valence-corrected chi connectivity index (χ1v) is 11.2. The van der Waals surface area contributed by atoms with Crippen LogP contribution in [0, 0.1) is 0 Å². The van der Waals surface area contributed by atoms with E-state index in [1.807, 2.05) is 0 Å². The van der Waals surface area contributed by atoms with Crippen LogP contribution in [0.4, 0.5) is 17.6 Å². The Labute approximate surface area is 184 Å². The Balaban J connectivity index is 0.00000118. The van der Waals surface area contributed by atoms with Gasteiger partial charge in [-0.3, -0.25) is 4.79 Å². The fourth-order valence-corrected chi connectivity index (χ4v) is 3.25. The number of allylic oxidation sites excluding steroid dienone is 2. The highest BCUT2D eigenvalue weighted by molar-refractivity contribution is 7.90. The Kier molecular flexibility index (Phi) is 9.82. The predicted molar refractivity (Wildman–Crippen MR) is 113 cm³/mol. The molecular weight excluding hydrogens is 452 g/mol. The number of hydrogen-bond donors (Lipinski definition) is 0. The van der Waals surface area contributed by atoms with Crippen LogP contribution in [0.15, 0.2) is 47.9 Å². The second-order valence-corrected chi connectivity index (χ2v) is 8.33. The van der Waals surface area contributed by atoms with Gasteiger partial charge in [0.2, 0.25) is 0 Å². The number of nitrogens with zero attached hydrogens (tertiary/aromatic N) is 2. The first-order valence-electron chi connectivity index (χ1n) is 9.34. The molecule has 0 fully saturated rings. The molecule has 0 atom stereocenters. The number of aromatic nitrogens is 2. The number of halogens is 4. The molecule has 0 aliphatic heterocycles. The van der Waals surface area contributed by atoms with E-state index in [2.05, 4.69) is 11.7 Å². The highest BCUT2D eigenvalue weighted by Gasteiger charge is 2.40. The van der Waals surface area contributed by atoms with E-state index in [1.54, 1.807) is 13.8 Å². The second-order valence-electron chi connectivity index (χ2n) is 6.31.